The van der Waals surface area contributed by atoms with Crippen LogP contribution in [0.25, 0.3) is 0 Å². The number of carbonyl (C=O) groups excluding carboxylic acids is 2. The number of nitrogens with zero attached hydrogens (tertiary/aromatic N) is 2. The summed E-state index contributed by atoms with van der Waals surface area (Å²) >= 11 is 0.435. The Balaban J connectivity index is 1.23. The van der Waals surface area contributed by atoms with Crippen LogP contribution in [0.15, 0.2) is 54.0 Å². The number of rotatable bonds is 14. The van der Waals surface area contributed by atoms with Crippen LogP contribution in [-0.2, 0) is 27.5 Å². The number of aliphatic hydroxyl groups is 1. The average molecular weight is 839 g/mol. The number of hydrogen-bond acceptors (Lipinski definition) is 8. The van der Waals surface area contributed by atoms with Gasteiger partial charge in [-0.25, -0.2) is 0 Å². The lowest BCUT2D eigenvalue weighted by atomic mass is 9.66. The predicted molar refractivity (Wildman–Crippen MR) is 201 cm³/mol. The van der Waals surface area contributed by atoms with E-state index in [0.717, 1.165) is 30.8 Å². The third-order valence-corrected chi connectivity index (χ3v) is 13.2. The molecule has 1 amide bonds. The largest absolute Gasteiger partial charge is 0.490 e. The molecule has 0 spiro atoms. The summed E-state index contributed by atoms with van der Waals surface area (Å²) in [5.41, 5.74) is -3.63. The quantitative estimate of drug-likeness (QED) is 0.154. The van der Waals surface area contributed by atoms with Gasteiger partial charge in [-0.15, -0.1) is 11.3 Å². The minimum absolute atomic E-state index is 0.0408. The normalized spacial score (nSPS) is 25.4. The average Bonchev–Trinajstić information content (AvgIpc) is 3.64. The summed E-state index contributed by atoms with van der Waals surface area (Å²) in [5, 5.41) is 23.0. The number of alkyl halides is 6. The topological polar surface area (TPSA) is 126 Å². The summed E-state index contributed by atoms with van der Waals surface area (Å²) in [7, 11) is 0. The Kier molecular flexibility index (Phi) is 12.9. The van der Waals surface area contributed by atoms with E-state index >= 15 is 0 Å². The Labute approximate surface area is 336 Å². The number of likely N-dealkylation sites (tertiary alicyclic amines) is 1. The fourth-order valence-electron chi connectivity index (χ4n) is 8.89. The van der Waals surface area contributed by atoms with E-state index < -0.39 is 75.4 Å². The number of Topliss-reactive ketones (excluding diaryl/α,β-unsaturated/α-hetero) is 1. The number of piperidine rings is 1. The summed E-state index contributed by atoms with van der Waals surface area (Å²) in [6, 6.07) is 8.76. The zero-order valence-electron chi connectivity index (χ0n) is 32.3. The Hall–Kier alpha value is -4.18. The molecule has 3 aliphatic rings. The molecule has 2 aromatic heterocycles. The van der Waals surface area contributed by atoms with Crippen LogP contribution < -0.4 is 9.47 Å². The number of hydrogen-bond donors (Lipinski definition) is 2. The molecule has 3 fully saturated rings. The van der Waals surface area contributed by atoms with Crippen LogP contribution in [0.2, 0.25) is 0 Å². The monoisotopic (exact) mass is 838 g/mol. The number of amides is 1. The van der Waals surface area contributed by atoms with Gasteiger partial charge in [0, 0.05) is 48.1 Å². The molecular formula is C42H48F6N2O7S. The van der Waals surface area contributed by atoms with E-state index in [9.17, 15) is 50.9 Å². The molecule has 3 heterocycles. The van der Waals surface area contributed by atoms with Crippen LogP contribution in [0, 0.1) is 17.3 Å². The summed E-state index contributed by atoms with van der Waals surface area (Å²) in [4.78, 5) is 44.8. The number of carbonyl (C=O) groups is 3. The number of carboxylic acid groups (broad SMARTS) is 1. The Bertz CT molecular complexity index is 1940. The van der Waals surface area contributed by atoms with Gasteiger partial charge in [0.05, 0.1) is 28.6 Å². The minimum Gasteiger partial charge on any atom is -0.490 e. The minimum atomic E-state index is -4.88. The number of pyridine rings is 1. The second-order valence-corrected chi connectivity index (χ2v) is 16.9. The summed E-state index contributed by atoms with van der Waals surface area (Å²) < 4.78 is 95.1. The van der Waals surface area contributed by atoms with E-state index in [-0.39, 0.29) is 62.7 Å². The van der Waals surface area contributed by atoms with Crippen LogP contribution in [0.1, 0.15) is 117 Å². The number of ketones is 1. The molecule has 1 aromatic carbocycles. The van der Waals surface area contributed by atoms with Crippen molar-refractivity contribution in [3.05, 3.63) is 75.7 Å². The molecule has 0 radical (unpaired) electrons. The standard InChI is InChI=1S/C42H48F6N2O7S/c1-3-8-30-34(32(57-27-23-33(58-24-27)42(46,47)48)15-22-50(30)37(52)35-29(41(43,44)45)10-6-21-49-35)36(51)26-13-19-40(55,20-14-26)28-9-4-5-11-31(28)56-25(2)12-18-39(38(53)54)16-7-17-39/h4-6,9-11,21,23-26,30,32,34,55H,3,7-8,12-20,22H2,1-2H3,(H,53,54)/t25-,26?,30-,32+,34+,40?/m1/s1. The highest BCUT2D eigenvalue weighted by Gasteiger charge is 2.50. The lowest BCUT2D eigenvalue weighted by Crippen LogP contribution is -2.58. The number of halogens is 6. The van der Waals surface area contributed by atoms with E-state index in [1.165, 1.54) is 10.3 Å². The van der Waals surface area contributed by atoms with Gasteiger partial charge in [-0.05, 0) is 82.9 Å². The summed E-state index contributed by atoms with van der Waals surface area (Å²) in [6.45, 7) is 3.52. The molecular weight excluding hydrogens is 791 g/mol. The van der Waals surface area contributed by atoms with Crippen molar-refractivity contribution in [1.82, 2.24) is 9.88 Å². The highest BCUT2D eigenvalue weighted by atomic mass is 32.1. The maximum absolute atomic E-state index is 14.8. The lowest BCUT2D eigenvalue weighted by Gasteiger charge is -2.46. The van der Waals surface area contributed by atoms with Crippen molar-refractivity contribution in [2.45, 2.75) is 127 Å². The first-order valence-corrected chi connectivity index (χ1v) is 20.7. The SMILES string of the molecule is CCC[C@@H]1[C@H](C(=O)C2CCC(O)(c3ccccc3O[C@H](C)CCC3(C(=O)O)CCC3)CC2)[C@@H](Oc2csc(C(F)(F)F)c2)CCN1C(=O)c1ncccc1C(F)(F)F. The second-order valence-electron chi connectivity index (χ2n) is 16.0. The fraction of sp³-hybridized carbons (Fsp3) is 0.571. The number of para-hydroxylation sites is 1. The van der Waals surface area contributed by atoms with Crippen molar-refractivity contribution < 1.29 is 60.4 Å². The molecule has 6 rings (SSSR count). The van der Waals surface area contributed by atoms with Gasteiger partial charge in [0.25, 0.3) is 5.91 Å². The fourth-order valence-corrected chi connectivity index (χ4v) is 9.58. The highest BCUT2D eigenvalue weighted by Crippen LogP contribution is 2.48. The van der Waals surface area contributed by atoms with E-state index in [1.807, 2.05) is 6.92 Å². The maximum atomic E-state index is 14.8. The van der Waals surface area contributed by atoms with Crippen molar-refractivity contribution in [3.8, 4) is 11.5 Å². The number of thiophene rings is 1. The molecule has 2 saturated carbocycles. The molecule has 1 aliphatic heterocycles. The molecule has 316 valence electrons. The van der Waals surface area contributed by atoms with Gasteiger partial charge >= 0.3 is 18.3 Å². The van der Waals surface area contributed by atoms with E-state index in [0.29, 0.717) is 54.8 Å². The van der Waals surface area contributed by atoms with Crippen molar-refractivity contribution >= 4 is 29.0 Å². The van der Waals surface area contributed by atoms with Crippen LogP contribution >= 0.6 is 11.3 Å². The molecule has 0 bridgehead atoms. The van der Waals surface area contributed by atoms with E-state index in [4.69, 9.17) is 9.47 Å². The third-order valence-electron chi connectivity index (χ3n) is 12.2. The summed E-state index contributed by atoms with van der Waals surface area (Å²) in [6.07, 6.45) is -5.41. The van der Waals surface area contributed by atoms with Crippen molar-refractivity contribution in [3.63, 3.8) is 0 Å². The van der Waals surface area contributed by atoms with Gasteiger partial charge in [-0.1, -0.05) is 38.0 Å². The third kappa shape index (κ3) is 9.17. The van der Waals surface area contributed by atoms with E-state index in [1.54, 1.807) is 31.2 Å². The van der Waals surface area contributed by atoms with Crippen LogP contribution in [0.5, 0.6) is 11.5 Å². The van der Waals surface area contributed by atoms with Gasteiger partial charge in [-0.2, -0.15) is 26.3 Å². The number of benzene rings is 1. The van der Waals surface area contributed by atoms with Gasteiger partial charge < -0.3 is 24.6 Å². The molecule has 2 N–H and O–H groups in total. The Morgan fingerprint density at radius 3 is 2.31 bits per heavy atom. The second kappa shape index (κ2) is 17.2. The summed E-state index contributed by atoms with van der Waals surface area (Å²) in [5.74, 6) is -3.58. The molecule has 4 atom stereocenters. The van der Waals surface area contributed by atoms with Gasteiger partial charge in [0.1, 0.15) is 34.0 Å². The van der Waals surface area contributed by atoms with Crippen molar-refractivity contribution in [2.24, 2.45) is 17.3 Å². The van der Waals surface area contributed by atoms with Crippen LogP contribution in [0.3, 0.4) is 0 Å². The number of carboxylic acids is 1. The number of aromatic nitrogens is 1. The van der Waals surface area contributed by atoms with E-state index in [2.05, 4.69) is 4.98 Å². The predicted octanol–water partition coefficient (Wildman–Crippen LogP) is 9.71. The molecule has 0 unspecified atom stereocenters. The molecule has 58 heavy (non-hydrogen) atoms. The molecule has 2 aliphatic carbocycles. The van der Waals surface area contributed by atoms with Gasteiger partial charge in [-0.3, -0.25) is 19.4 Å². The Morgan fingerprint density at radius 1 is 1.00 bits per heavy atom. The maximum Gasteiger partial charge on any atom is 0.425 e. The first kappa shape index (κ1) is 43.4. The van der Waals surface area contributed by atoms with Crippen LogP contribution in [-0.4, -0.2) is 62.6 Å². The van der Waals surface area contributed by atoms with Gasteiger partial charge in [0.15, 0.2) is 0 Å². The smallest absolute Gasteiger partial charge is 0.425 e. The lowest BCUT2D eigenvalue weighted by molar-refractivity contribution is -0.155. The number of aliphatic carboxylic acids is 1. The molecule has 16 heteroatoms. The van der Waals surface area contributed by atoms with Crippen molar-refractivity contribution in [1.29, 1.82) is 0 Å². The molecule has 9 nitrogen and oxygen atoms in total. The zero-order chi connectivity index (χ0) is 42.0. The van der Waals surface area contributed by atoms with Crippen LogP contribution in [0.4, 0.5) is 26.3 Å². The first-order chi connectivity index (χ1) is 27.4. The zero-order valence-corrected chi connectivity index (χ0v) is 33.1. The Morgan fingerprint density at radius 2 is 1.71 bits per heavy atom. The molecule has 3 aromatic rings. The number of ether oxygens (including phenoxy) is 2. The van der Waals surface area contributed by atoms with Crippen molar-refractivity contribution in [2.75, 3.05) is 6.54 Å². The molecule has 1 saturated heterocycles. The highest BCUT2D eigenvalue weighted by molar-refractivity contribution is 7.10. The van der Waals surface area contributed by atoms with Gasteiger partial charge in [0.2, 0.25) is 0 Å². The first-order valence-electron chi connectivity index (χ1n) is 19.8.